The molecule has 0 fully saturated rings. The van der Waals surface area contributed by atoms with Crippen molar-refractivity contribution in [1.29, 1.82) is 5.26 Å². The van der Waals surface area contributed by atoms with Gasteiger partial charge in [-0.25, -0.2) is 4.68 Å². The number of nitriles is 1. The lowest BCUT2D eigenvalue weighted by atomic mass is 10.1. The zero-order valence-corrected chi connectivity index (χ0v) is 8.99. The molecule has 1 aromatic heterocycles. The van der Waals surface area contributed by atoms with Crippen molar-refractivity contribution in [2.45, 2.75) is 6.92 Å². The first-order valence-corrected chi connectivity index (χ1v) is 4.83. The van der Waals surface area contributed by atoms with Gasteiger partial charge in [-0.2, -0.15) is 10.4 Å². The van der Waals surface area contributed by atoms with E-state index in [2.05, 4.69) is 5.10 Å². The molecule has 6 nitrogen and oxygen atoms in total. The third kappa shape index (κ3) is 1.86. The zero-order valence-electron chi connectivity index (χ0n) is 8.99. The Morgan fingerprint density at radius 3 is 2.76 bits per heavy atom. The fourth-order valence-electron chi connectivity index (χ4n) is 1.55. The first kappa shape index (κ1) is 10.8. The van der Waals surface area contributed by atoms with E-state index in [-0.39, 0.29) is 11.3 Å². The van der Waals surface area contributed by atoms with Crippen molar-refractivity contribution in [2.75, 3.05) is 0 Å². The fourth-order valence-corrected chi connectivity index (χ4v) is 1.55. The Balaban J connectivity index is 2.70. The van der Waals surface area contributed by atoms with Crippen molar-refractivity contribution in [3.05, 3.63) is 51.8 Å². The topological polar surface area (TPSA) is 84.8 Å². The Morgan fingerprint density at radius 2 is 2.24 bits per heavy atom. The molecule has 0 N–H and O–H groups in total. The maximum Gasteiger partial charge on any atom is 0.312 e. The molecular formula is C11H8N4O2. The summed E-state index contributed by atoms with van der Waals surface area (Å²) in [6.07, 6.45) is 1.62. The molecule has 0 saturated heterocycles. The molecule has 0 atom stereocenters. The fraction of sp³-hybridized carbons (Fsp3) is 0.0909. The summed E-state index contributed by atoms with van der Waals surface area (Å²) in [5.41, 5.74) is 0.850. The molecule has 0 unspecified atom stereocenters. The second kappa shape index (κ2) is 4.06. The molecule has 0 bridgehead atoms. The van der Waals surface area contributed by atoms with Crippen molar-refractivity contribution >= 4 is 5.69 Å². The van der Waals surface area contributed by atoms with E-state index in [9.17, 15) is 10.1 Å². The molecule has 0 amide bonds. The van der Waals surface area contributed by atoms with Gasteiger partial charge in [0.05, 0.1) is 10.6 Å². The average molecular weight is 228 g/mol. The van der Waals surface area contributed by atoms with Gasteiger partial charge in [0.15, 0.2) is 0 Å². The number of hydrogen-bond donors (Lipinski definition) is 0. The van der Waals surface area contributed by atoms with E-state index in [1.807, 2.05) is 6.07 Å². The van der Waals surface area contributed by atoms with Gasteiger partial charge in [-0.15, -0.1) is 0 Å². The maximum absolute atomic E-state index is 11.0. The second-order valence-corrected chi connectivity index (χ2v) is 3.44. The van der Waals surface area contributed by atoms with Crippen LogP contribution in [0.2, 0.25) is 0 Å². The van der Waals surface area contributed by atoms with Crippen LogP contribution in [0.3, 0.4) is 0 Å². The summed E-state index contributed by atoms with van der Waals surface area (Å²) in [5.74, 6) is 0. The molecule has 0 aliphatic heterocycles. The lowest BCUT2D eigenvalue weighted by Gasteiger charge is -2.03. The molecule has 6 heteroatoms. The van der Waals surface area contributed by atoms with Gasteiger partial charge in [-0.3, -0.25) is 10.1 Å². The zero-order chi connectivity index (χ0) is 12.4. The van der Waals surface area contributed by atoms with Gasteiger partial charge in [-0.1, -0.05) is 6.07 Å². The first-order valence-electron chi connectivity index (χ1n) is 4.83. The predicted octanol–water partition coefficient (Wildman–Crippen LogP) is 1.96. The monoisotopic (exact) mass is 228 g/mol. The van der Waals surface area contributed by atoms with E-state index < -0.39 is 4.92 Å². The number of hydrogen-bond acceptors (Lipinski definition) is 4. The van der Waals surface area contributed by atoms with Gasteiger partial charge in [0, 0.05) is 6.20 Å². The minimum Gasteiger partial charge on any atom is -0.258 e. The predicted molar refractivity (Wildman–Crippen MR) is 59.7 cm³/mol. The number of rotatable bonds is 2. The highest BCUT2D eigenvalue weighted by Gasteiger charge is 2.21. The average Bonchev–Trinajstić information content (AvgIpc) is 2.74. The largest absolute Gasteiger partial charge is 0.312 e. The lowest BCUT2D eigenvalue weighted by Crippen LogP contribution is -2.02. The summed E-state index contributed by atoms with van der Waals surface area (Å²) in [7, 11) is 0. The van der Waals surface area contributed by atoms with Crippen LogP contribution in [0.25, 0.3) is 5.69 Å². The van der Waals surface area contributed by atoms with E-state index >= 15 is 0 Å². The smallest absolute Gasteiger partial charge is 0.258 e. The van der Waals surface area contributed by atoms with Crippen molar-refractivity contribution in [3.8, 4) is 11.8 Å². The standard InChI is InChI=1S/C11H8N4O2/c1-8-5-6-14(13-8)10-4-2-3-9(7-12)11(10)15(16)17/h2-6H,1H3. The lowest BCUT2D eigenvalue weighted by molar-refractivity contribution is -0.384. The van der Waals surface area contributed by atoms with Crippen LogP contribution >= 0.6 is 0 Å². The van der Waals surface area contributed by atoms with Crippen molar-refractivity contribution in [2.24, 2.45) is 0 Å². The molecule has 2 aromatic rings. The number of aromatic nitrogens is 2. The van der Waals surface area contributed by atoms with Gasteiger partial charge >= 0.3 is 5.69 Å². The van der Waals surface area contributed by atoms with Crippen LogP contribution in [0.15, 0.2) is 30.5 Å². The van der Waals surface area contributed by atoms with E-state index in [4.69, 9.17) is 5.26 Å². The Labute approximate surface area is 96.9 Å². The van der Waals surface area contributed by atoms with Gasteiger partial charge < -0.3 is 0 Å². The Hall–Kier alpha value is -2.68. The number of aryl methyl sites for hydroxylation is 1. The number of para-hydroxylation sites is 1. The van der Waals surface area contributed by atoms with Crippen molar-refractivity contribution in [1.82, 2.24) is 9.78 Å². The number of nitro benzene ring substituents is 1. The number of nitrogens with zero attached hydrogens (tertiary/aromatic N) is 4. The van der Waals surface area contributed by atoms with E-state index in [0.29, 0.717) is 5.69 Å². The van der Waals surface area contributed by atoms with Crippen LogP contribution in [-0.2, 0) is 0 Å². The maximum atomic E-state index is 11.0. The highest BCUT2D eigenvalue weighted by Crippen LogP contribution is 2.26. The normalized spacial score (nSPS) is 9.88. The molecule has 2 rings (SSSR count). The number of nitro groups is 1. The summed E-state index contributed by atoms with van der Waals surface area (Å²) >= 11 is 0. The van der Waals surface area contributed by atoms with Gasteiger partial charge in [0.2, 0.25) is 0 Å². The minimum atomic E-state index is -0.565. The minimum absolute atomic E-state index is 0.0284. The molecule has 0 aliphatic rings. The van der Waals surface area contributed by atoms with Crippen LogP contribution in [0, 0.1) is 28.4 Å². The Kier molecular flexibility index (Phi) is 2.58. The Morgan fingerprint density at radius 1 is 1.47 bits per heavy atom. The first-order chi connectivity index (χ1) is 8.13. The third-order valence-corrected chi connectivity index (χ3v) is 2.29. The molecule has 17 heavy (non-hydrogen) atoms. The SMILES string of the molecule is Cc1ccn(-c2cccc(C#N)c2[N+](=O)[O-])n1. The van der Waals surface area contributed by atoms with E-state index in [1.165, 1.54) is 10.7 Å². The third-order valence-electron chi connectivity index (χ3n) is 2.29. The molecule has 0 saturated carbocycles. The second-order valence-electron chi connectivity index (χ2n) is 3.44. The summed E-state index contributed by atoms with van der Waals surface area (Å²) in [6, 6.07) is 8.12. The molecule has 0 spiro atoms. The summed E-state index contributed by atoms with van der Waals surface area (Å²) in [6.45, 7) is 1.79. The number of benzene rings is 1. The van der Waals surface area contributed by atoms with Gasteiger partial charge in [-0.05, 0) is 25.1 Å². The molecular weight excluding hydrogens is 220 g/mol. The highest BCUT2D eigenvalue weighted by atomic mass is 16.6. The summed E-state index contributed by atoms with van der Waals surface area (Å²) in [4.78, 5) is 10.4. The van der Waals surface area contributed by atoms with Gasteiger partial charge in [0.25, 0.3) is 0 Å². The van der Waals surface area contributed by atoms with Crippen LogP contribution in [0.5, 0.6) is 0 Å². The van der Waals surface area contributed by atoms with Crippen LogP contribution in [0.4, 0.5) is 5.69 Å². The molecule has 84 valence electrons. The van der Waals surface area contributed by atoms with Crippen LogP contribution in [0.1, 0.15) is 11.3 Å². The molecule has 1 aromatic carbocycles. The van der Waals surface area contributed by atoms with Crippen LogP contribution < -0.4 is 0 Å². The van der Waals surface area contributed by atoms with Crippen LogP contribution in [-0.4, -0.2) is 14.7 Å². The molecule has 0 aliphatic carbocycles. The highest BCUT2D eigenvalue weighted by molar-refractivity contribution is 5.61. The molecule has 1 heterocycles. The molecule has 0 radical (unpaired) electrons. The van der Waals surface area contributed by atoms with Crippen molar-refractivity contribution < 1.29 is 4.92 Å². The van der Waals surface area contributed by atoms with E-state index in [1.54, 1.807) is 31.3 Å². The van der Waals surface area contributed by atoms with E-state index in [0.717, 1.165) is 5.69 Å². The Bertz CT molecular complexity index is 625. The van der Waals surface area contributed by atoms with Crippen molar-refractivity contribution in [3.63, 3.8) is 0 Å². The van der Waals surface area contributed by atoms with Gasteiger partial charge in [0.1, 0.15) is 17.3 Å². The quantitative estimate of drug-likeness (QED) is 0.580. The summed E-state index contributed by atoms with van der Waals surface area (Å²) < 4.78 is 1.40. The summed E-state index contributed by atoms with van der Waals surface area (Å²) in [5, 5.41) is 24.0.